The molecule has 0 radical (unpaired) electrons. The standard InChI is InChI=1S/C26H30ClF2N7O2/c1-14-4-6-15(7-5-14)13-36-22-18(32-25(36)35-8-2-3-20(35)23(28)29)10-19(24-33-26(37)38-34-24)31-21(22)16-9-17(27)12-30-11-16/h9-12,14-15,20,23-24,34H,2-8,13H2,1H3,(H,33,37)/t14?,15?,20-,24?/m0/s1. The molecule has 1 aliphatic carbocycles. The molecule has 2 atom stereocenters. The van der Waals surface area contributed by atoms with E-state index in [0.717, 1.165) is 31.2 Å². The zero-order chi connectivity index (χ0) is 26.4. The van der Waals surface area contributed by atoms with Gasteiger partial charge in [-0.1, -0.05) is 31.4 Å². The van der Waals surface area contributed by atoms with Gasteiger partial charge in [-0.05, 0) is 49.7 Å². The predicted molar refractivity (Wildman–Crippen MR) is 139 cm³/mol. The number of alkyl halides is 2. The van der Waals surface area contributed by atoms with Crippen LogP contribution < -0.4 is 15.7 Å². The topological polar surface area (TPSA) is 97.2 Å². The number of carbonyl (C=O) groups excluding carboxylic acids is 1. The molecule has 3 fully saturated rings. The second-order valence-electron chi connectivity index (χ2n) is 10.6. The summed E-state index contributed by atoms with van der Waals surface area (Å²) in [5.41, 5.74) is 5.71. The minimum atomic E-state index is -2.47. The SMILES string of the molecule is CC1CCC(Cn2c(N3CCC[C@H]3C(F)F)nc3cc(C4NOC(=O)N4)nc(-c4cncc(Cl)c4)c32)CC1. The normalized spacial score (nSPS) is 25.8. The molecule has 2 aliphatic heterocycles. The second-order valence-corrected chi connectivity index (χ2v) is 11.1. The van der Waals surface area contributed by atoms with Crippen LogP contribution in [-0.4, -0.2) is 44.6 Å². The number of pyridine rings is 2. The third kappa shape index (κ3) is 4.77. The van der Waals surface area contributed by atoms with Gasteiger partial charge in [0.05, 0.1) is 33.5 Å². The Morgan fingerprint density at radius 3 is 2.68 bits per heavy atom. The van der Waals surface area contributed by atoms with Crippen LogP contribution in [0.15, 0.2) is 24.5 Å². The van der Waals surface area contributed by atoms with E-state index in [1.54, 1.807) is 29.4 Å². The number of hydrogen-bond acceptors (Lipinski definition) is 7. The number of nitrogens with one attached hydrogen (secondary N) is 2. The van der Waals surface area contributed by atoms with Crippen molar-refractivity contribution >= 4 is 34.7 Å². The number of rotatable bonds is 6. The number of amides is 1. The number of nitrogens with zero attached hydrogens (tertiary/aromatic N) is 5. The van der Waals surface area contributed by atoms with Crippen molar-refractivity contribution in [3.63, 3.8) is 0 Å². The summed E-state index contributed by atoms with van der Waals surface area (Å²) in [6.07, 6.45) is 5.00. The summed E-state index contributed by atoms with van der Waals surface area (Å²) in [6.45, 7) is 3.46. The number of imidazole rings is 1. The predicted octanol–water partition coefficient (Wildman–Crippen LogP) is 5.45. The highest BCUT2D eigenvalue weighted by atomic mass is 35.5. The molecular weight excluding hydrogens is 516 g/mol. The third-order valence-electron chi connectivity index (χ3n) is 7.95. The first-order valence-corrected chi connectivity index (χ1v) is 13.5. The van der Waals surface area contributed by atoms with E-state index >= 15 is 0 Å². The van der Waals surface area contributed by atoms with Crippen LogP contribution in [0.1, 0.15) is 57.3 Å². The average molecular weight is 546 g/mol. The van der Waals surface area contributed by atoms with Gasteiger partial charge in [-0.15, -0.1) is 5.48 Å². The van der Waals surface area contributed by atoms with Crippen molar-refractivity contribution in [3.05, 3.63) is 35.2 Å². The fourth-order valence-corrected chi connectivity index (χ4v) is 6.12. The zero-order valence-corrected chi connectivity index (χ0v) is 21.8. The van der Waals surface area contributed by atoms with E-state index < -0.39 is 24.7 Å². The van der Waals surface area contributed by atoms with Crippen molar-refractivity contribution in [1.29, 1.82) is 0 Å². The van der Waals surface area contributed by atoms with Crippen LogP contribution in [0.2, 0.25) is 5.02 Å². The summed E-state index contributed by atoms with van der Waals surface area (Å²) >= 11 is 6.31. The molecule has 0 aromatic carbocycles. The number of carbonyl (C=O) groups is 1. The van der Waals surface area contributed by atoms with Crippen LogP contribution in [0.25, 0.3) is 22.3 Å². The fraction of sp³-hybridized carbons (Fsp3) is 0.538. The Bertz CT molecular complexity index is 1340. The van der Waals surface area contributed by atoms with Crippen molar-refractivity contribution in [2.45, 2.75) is 70.6 Å². The van der Waals surface area contributed by atoms with E-state index in [-0.39, 0.29) is 0 Å². The Kier molecular flexibility index (Phi) is 6.81. The molecule has 202 valence electrons. The lowest BCUT2D eigenvalue weighted by Crippen LogP contribution is -2.37. The zero-order valence-electron chi connectivity index (χ0n) is 21.0. The second kappa shape index (κ2) is 10.3. The van der Waals surface area contributed by atoms with Gasteiger partial charge in [-0.2, -0.15) is 0 Å². The van der Waals surface area contributed by atoms with Crippen molar-refractivity contribution in [2.75, 3.05) is 11.4 Å². The molecule has 1 saturated carbocycles. The number of halogens is 3. The highest BCUT2D eigenvalue weighted by Gasteiger charge is 2.36. The van der Waals surface area contributed by atoms with Crippen LogP contribution >= 0.6 is 11.6 Å². The van der Waals surface area contributed by atoms with Crippen molar-refractivity contribution in [3.8, 4) is 11.3 Å². The van der Waals surface area contributed by atoms with Gasteiger partial charge in [0.25, 0.3) is 6.43 Å². The maximum atomic E-state index is 14.1. The molecule has 6 rings (SSSR count). The Labute approximate surface area is 223 Å². The van der Waals surface area contributed by atoms with Crippen LogP contribution in [0.4, 0.5) is 19.5 Å². The largest absolute Gasteiger partial charge is 0.427 e. The van der Waals surface area contributed by atoms with Crippen LogP contribution in [-0.2, 0) is 11.4 Å². The van der Waals surface area contributed by atoms with Crippen molar-refractivity contribution in [2.24, 2.45) is 11.8 Å². The molecule has 3 aromatic heterocycles. The number of aromatic nitrogens is 4. The van der Waals surface area contributed by atoms with E-state index in [2.05, 4.69) is 27.3 Å². The molecule has 0 bridgehead atoms. The molecule has 2 N–H and O–H groups in total. The lowest BCUT2D eigenvalue weighted by Gasteiger charge is -2.30. The van der Waals surface area contributed by atoms with Gasteiger partial charge in [-0.3, -0.25) is 10.3 Å². The summed E-state index contributed by atoms with van der Waals surface area (Å²) < 4.78 is 30.2. The van der Waals surface area contributed by atoms with Crippen molar-refractivity contribution < 1.29 is 18.4 Å². The first-order chi connectivity index (χ1) is 18.4. The summed E-state index contributed by atoms with van der Waals surface area (Å²) in [6, 6.07) is 2.67. The number of hydroxylamine groups is 1. The number of hydrogen-bond donors (Lipinski definition) is 2. The van der Waals surface area contributed by atoms with Crippen LogP contribution in [0, 0.1) is 11.8 Å². The summed E-state index contributed by atoms with van der Waals surface area (Å²) in [5, 5.41) is 3.12. The molecule has 12 heteroatoms. The van der Waals surface area contributed by atoms with Gasteiger partial charge in [0, 0.05) is 31.0 Å². The van der Waals surface area contributed by atoms with Crippen molar-refractivity contribution in [1.82, 2.24) is 30.3 Å². The third-order valence-corrected chi connectivity index (χ3v) is 8.16. The molecule has 9 nitrogen and oxygen atoms in total. The summed E-state index contributed by atoms with van der Waals surface area (Å²) in [4.78, 5) is 32.5. The van der Waals surface area contributed by atoms with Crippen LogP contribution in [0.5, 0.6) is 0 Å². The minimum Gasteiger partial charge on any atom is -0.351 e. The smallest absolute Gasteiger partial charge is 0.351 e. The number of fused-ring (bicyclic) bond motifs is 1. The highest BCUT2D eigenvalue weighted by Crippen LogP contribution is 2.39. The molecule has 2 saturated heterocycles. The average Bonchev–Trinajstić information content (AvgIpc) is 3.63. The maximum absolute atomic E-state index is 14.1. The lowest BCUT2D eigenvalue weighted by atomic mass is 9.83. The highest BCUT2D eigenvalue weighted by molar-refractivity contribution is 6.30. The summed E-state index contributed by atoms with van der Waals surface area (Å²) in [5.74, 6) is 1.64. The molecule has 38 heavy (non-hydrogen) atoms. The Hall–Kier alpha value is -3.05. The van der Waals surface area contributed by atoms with E-state index in [0.29, 0.717) is 71.2 Å². The fourth-order valence-electron chi connectivity index (χ4n) is 5.94. The number of anilines is 1. The molecule has 1 amide bonds. The van der Waals surface area contributed by atoms with Crippen LogP contribution in [0.3, 0.4) is 0 Å². The Morgan fingerprint density at radius 1 is 1.16 bits per heavy atom. The van der Waals surface area contributed by atoms with Gasteiger partial charge >= 0.3 is 6.09 Å². The molecule has 5 heterocycles. The summed E-state index contributed by atoms with van der Waals surface area (Å²) in [7, 11) is 0. The first kappa shape index (κ1) is 25.2. The van der Waals surface area contributed by atoms with Gasteiger partial charge in [0.15, 0.2) is 6.17 Å². The first-order valence-electron chi connectivity index (χ1n) is 13.2. The molecule has 1 unspecified atom stereocenters. The Balaban J connectivity index is 1.54. The van der Waals surface area contributed by atoms with Gasteiger partial charge in [0.2, 0.25) is 5.95 Å². The van der Waals surface area contributed by atoms with E-state index in [1.165, 1.54) is 0 Å². The van der Waals surface area contributed by atoms with Gasteiger partial charge in [-0.25, -0.2) is 23.5 Å². The minimum absolute atomic E-state index is 0.407. The molecule has 3 aromatic rings. The van der Waals surface area contributed by atoms with Gasteiger partial charge in [0.1, 0.15) is 0 Å². The Morgan fingerprint density at radius 2 is 1.97 bits per heavy atom. The molecular formula is C26H30ClF2N7O2. The maximum Gasteiger partial charge on any atom is 0.427 e. The van der Waals surface area contributed by atoms with E-state index in [9.17, 15) is 13.6 Å². The van der Waals surface area contributed by atoms with E-state index in [4.69, 9.17) is 26.4 Å². The lowest BCUT2D eigenvalue weighted by molar-refractivity contribution is 0.116. The molecule has 3 aliphatic rings. The molecule has 0 spiro atoms. The monoisotopic (exact) mass is 545 g/mol. The quantitative estimate of drug-likeness (QED) is 0.425. The van der Waals surface area contributed by atoms with E-state index in [1.807, 2.05) is 0 Å². The van der Waals surface area contributed by atoms with Gasteiger partial charge < -0.3 is 14.3 Å².